The van der Waals surface area contributed by atoms with Crippen molar-refractivity contribution in [2.75, 3.05) is 0 Å². The van der Waals surface area contributed by atoms with Gasteiger partial charge in [-0.25, -0.2) is 0 Å². The topological polar surface area (TPSA) is 25.8 Å². The Balaban J connectivity index is 2.97. The first kappa shape index (κ1) is 7.98. The van der Waals surface area contributed by atoms with E-state index in [1.807, 2.05) is 6.07 Å². The molecule has 0 N–H and O–H groups in total. The van der Waals surface area contributed by atoms with Crippen LogP contribution in [0, 0.1) is 0 Å². The van der Waals surface area contributed by atoms with Crippen LogP contribution in [0.2, 0.25) is 14.8 Å². The fourth-order valence-electron chi connectivity index (χ4n) is 0.702. The summed E-state index contributed by atoms with van der Waals surface area (Å²) in [6.45, 7) is 0. The van der Waals surface area contributed by atoms with Gasteiger partial charge in [0.05, 0.1) is 0 Å². The van der Waals surface area contributed by atoms with Crippen LogP contribution in [0.1, 0.15) is 0 Å². The van der Waals surface area contributed by atoms with Crippen LogP contribution in [0.3, 0.4) is 0 Å². The predicted octanol–water partition coefficient (Wildman–Crippen LogP) is 1.02. The van der Waals surface area contributed by atoms with Gasteiger partial charge in [0, 0.05) is 0 Å². The van der Waals surface area contributed by atoms with Crippen molar-refractivity contribution in [3.63, 3.8) is 0 Å². The standard InChI is InChI=1S/C4H3N2.3CH3.Sn/c1-2-4-6-5-3-1;;;;/h1-3H;3*1H3;. The molecule has 0 amide bonds. The van der Waals surface area contributed by atoms with Crippen molar-refractivity contribution in [2.24, 2.45) is 0 Å². The molecule has 0 fully saturated rings. The van der Waals surface area contributed by atoms with Gasteiger partial charge in [-0.15, -0.1) is 0 Å². The zero-order chi connectivity index (χ0) is 7.61. The Kier molecular flexibility index (Phi) is 2.28. The predicted molar refractivity (Wildman–Crippen MR) is 45.0 cm³/mol. The van der Waals surface area contributed by atoms with Gasteiger partial charge in [0.1, 0.15) is 0 Å². The van der Waals surface area contributed by atoms with E-state index in [-0.39, 0.29) is 0 Å². The second-order valence-corrected chi connectivity index (χ2v) is 17.7. The molecule has 0 spiro atoms. The summed E-state index contributed by atoms with van der Waals surface area (Å²) in [5.74, 6) is 0. The van der Waals surface area contributed by atoms with Crippen LogP contribution in [-0.2, 0) is 0 Å². The van der Waals surface area contributed by atoms with Crippen molar-refractivity contribution < 1.29 is 0 Å². The van der Waals surface area contributed by atoms with Gasteiger partial charge in [0.15, 0.2) is 0 Å². The second-order valence-electron chi connectivity index (χ2n) is 3.36. The van der Waals surface area contributed by atoms with Gasteiger partial charge in [0.2, 0.25) is 0 Å². The molecular weight excluding hydrogens is 231 g/mol. The van der Waals surface area contributed by atoms with Gasteiger partial charge < -0.3 is 0 Å². The Hall–Kier alpha value is -0.121. The van der Waals surface area contributed by atoms with Crippen molar-refractivity contribution in [1.29, 1.82) is 0 Å². The van der Waals surface area contributed by atoms with Crippen molar-refractivity contribution >= 4 is 22.1 Å². The van der Waals surface area contributed by atoms with Crippen LogP contribution in [0.4, 0.5) is 0 Å². The molecule has 0 saturated heterocycles. The van der Waals surface area contributed by atoms with Crippen LogP contribution < -0.4 is 3.71 Å². The summed E-state index contributed by atoms with van der Waals surface area (Å²) in [7, 11) is 0. The fourth-order valence-corrected chi connectivity index (χ4v) is 3.42. The molecule has 54 valence electrons. The van der Waals surface area contributed by atoms with E-state index in [1.54, 1.807) is 6.20 Å². The third kappa shape index (κ3) is 1.94. The number of aromatic nitrogens is 2. The van der Waals surface area contributed by atoms with Crippen LogP contribution in [0.25, 0.3) is 0 Å². The van der Waals surface area contributed by atoms with Gasteiger partial charge in [-0.1, -0.05) is 0 Å². The van der Waals surface area contributed by atoms with Gasteiger partial charge in [-0.2, -0.15) is 0 Å². The molecule has 2 nitrogen and oxygen atoms in total. The normalized spacial score (nSPS) is 11.5. The maximum absolute atomic E-state index is 4.09. The van der Waals surface area contributed by atoms with E-state index in [0.29, 0.717) is 0 Å². The van der Waals surface area contributed by atoms with E-state index < -0.39 is 18.4 Å². The van der Waals surface area contributed by atoms with Gasteiger partial charge >= 0.3 is 65.4 Å². The molecule has 0 aromatic carbocycles. The number of rotatable bonds is 1. The quantitative estimate of drug-likeness (QED) is 0.688. The maximum atomic E-state index is 4.09. The minimum absolute atomic E-state index is 1.25. The van der Waals surface area contributed by atoms with Crippen LogP contribution in [-0.4, -0.2) is 28.6 Å². The molecule has 1 rings (SSSR count). The molecule has 3 heteroatoms. The Morgan fingerprint density at radius 1 is 1.30 bits per heavy atom. The Labute approximate surface area is 65.6 Å². The second kappa shape index (κ2) is 2.86. The third-order valence-corrected chi connectivity index (χ3v) is 6.49. The van der Waals surface area contributed by atoms with Gasteiger partial charge in [0.25, 0.3) is 0 Å². The average molecular weight is 243 g/mol. The minimum atomic E-state index is -1.89. The van der Waals surface area contributed by atoms with E-state index in [1.165, 1.54) is 3.71 Å². The summed E-state index contributed by atoms with van der Waals surface area (Å²) in [4.78, 5) is 7.00. The SMILES string of the molecule is [CH3][Sn]([CH3])([CH3])[c]1cccnn1. The first-order chi connectivity index (χ1) is 4.61. The Morgan fingerprint density at radius 3 is 2.30 bits per heavy atom. The number of hydrogen-bond acceptors (Lipinski definition) is 2. The van der Waals surface area contributed by atoms with E-state index in [4.69, 9.17) is 0 Å². The molecule has 0 saturated carbocycles. The van der Waals surface area contributed by atoms with E-state index >= 15 is 0 Å². The summed E-state index contributed by atoms with van der Waals surface area (Å²) < 4.78 is 1.25. The number of nitrogens with zero attached hydrogens (tertiary/aromatic N) is 2. The molecule has 0 aliphatic carbocycles. The molecule has 0 bridgehead atoms. The molecule has 1 heterocycles. The zero-order valence-corrected chi connectivity index (χ0v) is 9.48. The third-order valence-electron chi connectivity index (χ3n) is 1.34. The first-order valence-electron chi connectivity index (χ1n) is 3.39. The molecular formula is C7H12N2Sn. The Bertz CT molecular complexity index is 203. The van der Waals surface area contributed by atoms with Crippen LogP contribution in [0.5, 0.6) is 0 Å². The van der Waals surface area contributed by atoms with E-state index in [9.17, 15) is 0 Å². The van der Waals surface area contributed by atoms with Crippen LogP contribution in [0.15, 0.2) is 18.3 Å². The summed E-state index contributed by atoms with van der Waals surface area (Å²) >= 11 is -1.89. The molecule has 10 heavy (non-hydrogen) atoms. The van der Waals surface area contributed by atoms with Crippen molar-refractivity contribution in [3.8, 4) is 0 Å². The summed E-state index contributed by atoms with van der Waals surface area (Å²) in [6, 6.07) is 4.05. The summed E-state index contributed by atoms with van der Waals surface area (Å²) in [6.07, 6.45) is 1.72. The molecule has 0 unspecified atom stereocenters. The molecule has 0 radical (unpaired) electrons. The van der Waals surface area contributed by atoms with Crippen molar-refractivity contribution in [2.45, 2.75) is 14.8 Å². The molecule has 1 aromatic rings. The van der Waals surface area contributed by atoms with Crippen molar-refractivity contribution in [1.82, 2.24) is 10.2 Å². The monoisotopic (exact) mass is 244 g/mol. The molecule has 0 aliphatic heterocycles. The molecule has 0 atom stereocenters. The fraction of sp³-hybridized carbons (Fsp3) is 0.429. The average Bonchev–Trinajstić information content (AvgIpc) is 1.88. The van der Waals surface area contributed by atoms with Crippen LogP contribution >= 0.6 is 0 Å². The molecule has 1 aromatic heterocycles. The van der Waals surface area contributed by atoms with Crippen molar-refractivity contribution in [3.05, 3.63) is 18.3 Å². The van der Waals surface area contributed by atoms with Gasteiger partial charge in [-0.05, 0) is 0 Å². The van der Waals surface area contributed by atoms with E-state index in [2.05, 4.69) is 31.1 Å². The summed E-state index contributed by atoms with van der Waals surface area (Å²) in [5, 5.41) is 7.95. The zero-order valence-electron chi connectivity index (χ0n) is 6.63. The first-order valence-corrected chi connectivity index (χ1v) is 13.4. The molecule has 0 aliphatic rings. The number of hydrogen-bond donors (Lipinski definition) is 0. The van der Waals surface area contributed by atoms with Gasteiger partial charge in [-0.3, -0.25) is 0 Å². The summed E-state index contributed by atoms with van der Waals surface area (Å²) in [5.41, 5.74) is 0. The Morgan fingerprint density at radius 2 is 2.00 bits per heavy atom. The van der Waals surface area contributed by atoms with E-state index in [0.717, 1.165) is 0 Å².